The lowest BCUT2D eigenvalue weighted by Gasteiger charge is -2.11. The number of sulfonamides is 1. The normalized spacial score (nSPS) is 12.9. The molecule has 1 aromatic rings. The van der Waals surface area contributed by atoms with Crippen molar-refractivity contribution in [1.29, 1.82) is 0 Å². The van der Waals surface area contributed by atoms with Crippen molar-refractivity contribution in [2.75, 3.05) is 18.1 Å². The number of para-hydroxylation sites is 2. The molecule has 0 saturated carbocycles. The highest BCUT2D eigenvalue weighted by Crippen LogP contribution is 2.19. The largest absolute Gasteiger partial charge is 0.490 e. The van der Waals surface area contributed by atoms with E-state index in [-0.39, 0.29) is 18.4 Å². The summed E-state index contributed by atoms with van der Waals surface area (Å²) in [5, 5.41) is 0. The number of hydrogen-bond acceptors (Lipinski definition) is 4. The summed E-state index contributed by atoms with van der Waals surface area (Å²) in [5.41, 5.74) is 6.16. The lowest BCUT2D eigenvalue weighted by molar-refractivity contribution is 0.342. The van der Waals surface area contributed by atoms with Crippen molar-refractivity contribution in [3.63, 3.8) is 0 Å². The minimum Gasteiger partial charge on any atom is -0.490 e. The van der Waals surface area contributed by atoms with Crippen LogP contribution in [0.4, 0.5) is 5.69 Å². The van der Waals surface area contributed by atoms with E-state index in [0.717, 1.165) is 0 Å². The highest BCUT2D eigenvalue weighted by Gasteiger charge is 2.12. The van der Waals surface area contributed by atoms with Gasteiger partial charge in [0.2, 0.25) is 10.0 Å². The van der Waals surface area contributed by atoms with Gasteiger partial charge in [-0.3, -0.25) is 0 Å². The molecule has 1 atom stereocenters. The molecule has 1 rings (SSSR count). The van der Waals surface area contributed by atoms with Crippen molar-refractivity contribution < 1.29 is 13.2 Å². The molecule has 0 spiro atoms. The van der Waals surface area contributed by atoms with Crippen molar-refractivity contribution in [1.82, 2.24) is 4.72 Å². The summed E-state index contributed by atoms with van der Waals surface area (Å²) in [5.74, 6) is 0.365. The third kappa shape index (κ3) is 4.77. The van der Waals surface area contributed by atoms with Crippen LogP contribution >= 0.6 is 0 Å². The third-order valence-electron chi connectivity index (χ3n) is 2.25. The Labute approximate surface area is 108 Å². The lowest BCUT2D eigenvalue weighted by atomic mass is 10.3. The standard InChI is InChI=1S/C12H18N2O3S/c1-3-10(2)14-18(15,16)9-8-17-12-7-5-4-6-11(12)13/h3-7,10,14H,1,8-9,13H2,2H3. The van der Waals surface area contributed by atoms with Gasteiger partial charge in [0.05, 0.1) is 11.4 Å². The van der Waals surface area contributed by atoms with Crippen LogP contribution in [0.3, 0.4) is 0 Å². The van der Waals surface area contributed by atoms with Gasteiger partial charge in [0.1, 0.15) is 12.4 Å². The second kappa shape index (κ2) is 6.42. The molecule has 0 heterocycles. The first-order valence-corrected chi connectivity index (χ1v) is 7.19. The maximum absolute atomic E-state index is 11.6. The molecule has 0 bridgehead atoms. The minimum absolute atomic E-state index is 0.0490. The van der Waals surface area contributed by atoms with Gasteiger partial charge in [-0.05, 0) is 19.1 Å². The second-order valence-electron chi connectivity index (χ2n) is 3.85. The zero-order valence-corrected chi connectivity index (χ0v) is 11.1. The highest BCUT2D eigenvalue weighted by atomic mass is 32.2. The number of rotatable bonds is 7. The Balaban J connectivity index is 2.47. The fraction of sp³-hybridized carbons (Fsp3) is 0.333. The summed E-state index contributed by atoms with van der Waals surface area (Å²) in [7, 11) is -3.36. The van der Waals surface area contributed by atoms with Crippen LogP contribution in [0.25, 0.3) is 0 Å². The summed E-state index contributed by atoms with van der Waals surface area (Å²) in [6.07, 6.45) is 1.52. The number of nitrogens with two attached hydrogens (primary N) is 1. The fourth-order valence-electron chi connectivity index (χ4n) is 1.26. The van der Waals surface area contributed by atoms with E-state index in [1.54, 1.807) is 31.2 Å². The van der Waals surface area contributed by atoms with Crippen LogP contribution in [0.15, 0.2) is 36.9 Å². The summed E-state index contributed by atoms with van der Waals surface area (Å²) in [4.78, 5) is 0. The van der Waals surface area contributed by atoms with E-state index < -0.39 is 10.0 Å². The van der Waals surface area contributed by atoms with Crippen molar-refractivity contribution in [3.05, 3.63) is 36.9 Å². The SMILES string of the molecule is C=CC(C)NS(=O)(=O)CCOc1ccccc1N. The number of benzene rings is 1. The first-order valence-electron chi connectivity index (χ1n) is 5.54. The van der Waals surface area contributed by atoms with Gasteiger partial charge < -0.3 is 10.5 Å². The van der Waals surface area contributed by atoms with E-state index in [1.165, 1.54) is 6.08 Å². The minimum atomic E-state index is -3.36. The summed E-state index contributed by atoms with van der Waals surface area (Å²) < 4.78 is 31.0. The van der Waals surface area contributed by atoms with Gasteiger partial charge in [-0.25, -0.2) is 13.1 Å². The van der Waals surface area contributed by atoms with Crippen molar-refractivity contribution in [2.24, 2.45) is 0 Å². The topological polar surface area (TPSA) is 81.4 Å². The molecule has 0 fully saturated rings. The molecule has 5 nitrogen and oxygen atoms in total. The number of ether oxygens (including phenoxy) is 1. The Morgan fingerprint density at radius 2 is 2.17 bits per heavy atom. The number of hydrogen-bond donors (Lipinski definition) is 2. The Morgan fingerprint density at radius 1 is 1.50 bits per heavy atom. The van der Waals surface area contributed by atoms with Crippen molar-refractivity contribution in [3.8, 4) is 5.75 Å². The molecule has 0 aliphatic rings. The Morgan fingerprint density at radius 3 is 2.78 bits per heavy atom. The first-order chi connectivity index (χ1) is 8.44. The van der Waals surface area contributed by atoms with E-state index in [0.29, 0.717) is 11.4 Å². The van der Waals surface area contributed by atoms with Crippen LogP contribution in [0, 0.1) is 0 Å². The number of anilines is 1. The van der Waals surface area contributed by atoms with Crippen LogP contribution in [0.2, 0.25) is 0 Å². The number of nitrogen functional groups attached to an aromatic ring is 1. The van der Waals surface area contributed by atoms with Crippen LogP contribution in [0.5, 0.6) is 5.75 Å². The highest BCUT2D eigenvalue weighted by molar-refractivity contribution is 7.89. The molecule has 0 aromatic heterocycles. The van der Waals surface area contributed by atoms with Gasteiger partial charge >= 0.3 is 0 Å². The quantitative estimate of drug-likeness (QED) is 0.575. The van der Waals surface area contributed by atoms with Crippen LogP contribution in [-0.4, -0.2) is 26.8 Å². The van der Waals surface area contributed by atoms with Crippen LogP contribution in [-0.2, 0) is 10.0 Å². The molecule has 0 aliphatic heterocycles. The Hall–Kier alpha value is -1.53. The van der Waals surface area contributed by atoms with E-state index >= 15 is 0 Å². The predicted octanol–water partition coefficient (Wildman–Crippen LogP) is 1.14. The third-order valence-corrected chi connectivity index (χ3v) is 3.68. The summed E-state index contributed by atoms with van der Waals surface area (Å²) in [6, 6.07) is 6.66. The Kier molecular flexibility index (Phi) is 5.18. The molecule has 100 valence electrons. The molecule has 1 unspecified atom stereocenters. The van der Waals surface area contributed by atoms with Gasteiger partial charge in [0.25, 0.3) is 0 Å². The maximum atomic E-state index is 11.6. The van der Waals surface area contributed by atoms with E-state index in [4.69, 9.17) is 10.5 Å². The van der Waals surface area contributed by atoms with Crippen molar-refractivity contribution >= 4 is 15.7 Å². The van der Waals surface area contributed by atoms with Crippen LogP contribution in [0.1, 0.15) is 6.92 Å². The molecule has 6 heteroatoms. The molecule has 0 amide bonds. The summed E-state index contributed by atoms with van der Waals surface area (Å²) >= 11 is 0. The molecular weight excluding hydrogens is 252 g/mol. The average Bonchev–Trinajstić information content (AvgIpc) is 2.30. The average molecular weight is 270 g/mol. The monoisotopic (exact) mass is 270 g/mol. The fourth-order valence-corrected chi connectivity index (χ4v) is 2.35. The predicted molar refractivity (Wildman–Crippen MR) is 72.9 cm³/mol. The molecule has 18 heavy (non-hydrogen) atoms. The van der Waals surface area contributed by atoms with Gasteiger partial charge in [0, 0.05) is 6.04 Å². The molecule has 0 radical (unpaired) electrons. The van der Waals surface area contributed by atoms with Crippen molar-refractivity contribution in [2.45, 2.75) is 13.0 Å². The van der Waals surface area contributed by atoms with Crippen LogP contribution < -0.4 is 15.2 Å². The smallest absolute Gasteiger partial charge is 0.215 e. The Bertz CT molecular complexity index is 500. The molecule has 3 N–H and O–H groups in total. The van der Waals surface area contributed by atoms with Gasteiger partial charge in [-0.1, -0.05) is 18.2 Å². The van der Waals surface area contributed by atoms with Gasteiger partial charge in [0.15, 0.2) is 0 Å². The maximum Gasteiger partial charge on any atom is 0.215 e. The molecular formula is C12H18N2O3S. The second-order valence-corrected chi connectivity index (χ2v) is 5.72. The first kappa shape index (κ1) is 14.5. The van der Waals surface area contributed by atoms with E-state index in [1.807, 2.05) is 0 Å². The molecule has 0 aliphatic carbocycles. The zero-order valence-electron chi connectivity index (χ0n) is 10.3. The lowest BCUT2D eigenvalue weighted by Crippen LogP contribution is -2.34. The number of nitrogens with one attached hydrogen (secondary N) is 1. The van der Waals surface area contributed by atoms with E-state index in [2.05, 4.69) is 11.3 Å². The molecule has 0 saturated heterocycles. The molecule has 1 aromatic carbocycles. The van der Waals surface area contributed by atoms with Gasteiger partial charge in [-0.2, -0.15) is 0 Å². The summed E-state index contributed by atoms with van der Waals surface area (Å²) in [6.45, 7) is 5.27. The van der Waals surface area contributed by atoms with E-state index in [9.17, 15) is 8.42 Å². The zero-order chi connectivity index (χ0) is 13.6. The van der Waals surface area contributed by atoms with Gasteiger partial charge in [-0.15, -0.1) is 6.58 Å².